The van der Waals surface area contributed by atoms with Crippen molar-refractivity contribution >= 4 is 0 Å². The predicted octanol–water partition coefficient (Wildman–Crippen LogP) is 4.68. The maximum absolute atomic E-state index is 9.36. The second-order valence-electron chi connectivity index (χ2n) is 7.90. The zero-order valence-electron chi connectivity index (χ0n) is 16.7. The van der Waals surface area contributed by atoms with Crippen molar-refractivity contribution in [2.45, 2.75) is 52.2 Å². The molecule has 142 valence electrons. The molecule has 0 N–H and O–H groups in total. The molecule has 0 radical (unpaired) electrons. The summed E-state index contributed by atoms with van der Waals surface area (Å²) in [5.41, 5.74) is 5.26. The highest BCUT2D eigenvalue weighted by atomic mass is 15.2. The summed E-state index contributed by atoms with van der Waals surface area (Å²) < 4.78 is 0. The summed E-state index contributed by atoms with van der Waals surface area (Å²) in [7, 11) is 0. The van der Waals surface area contributed by atoms with E-state index in [1.54, 1.807) is 0 Å². The normalized spacial score (nSPS) is 15.8. The van der Waals surface area contributed by atoms with E-state index in [-0.39, 0.29) is 0 Å². The maximum atomic E-state index is 9.36. The van der Waals surface area contributed by atoms with E-state index in [9.17, 15) is 5.26 Å². The van der Waals surface area contributed by atoms with Crippen molar-refractivity contribution in [1.29, 1.82) is 5.26 Å². The molecule has 2 aromatic carbocycles. The Hall–Kier alpha value is -2.15. The van der Waals surface area contributed by atoms with E-state index in [0.29, 0.717) is 12.5 Å². The molecule has 0 aromatic heterocycles. The summed E-state index contributed by atoms with van der Waals surface area (Å²) in [5, 5.41) is 9.36. The van der Waals surface area contributed by atoms with E-state index < -0.39 is 0 Å². The summed E-state index contributed by atoms with van der Waals surface area (Å²) in [6, 6.07) is 20.4. The van der Waals surface area contributed by atoms with Gasteiger partial charge in [-0.3, -0.25) is 9.80 Å². The lowest BCUT2D eigenvalue weighted by Gasteiger charge is -2.32. The van der Waals surface area contributed by atoms with Gasteiger partial charge >= 0.3 is 0 Å². The monoisotopic (exact) mass is 361 g/mol. The van der Waals surface area contributed by atoms with Crippen LogP contribution < -0.4 is 0 Å². The van der Waals surface area contributed by atoms with Crippen LogP contribution in [0.1, 0.15) is 41.5 Å². The minimum atomic E-state index is 0.327. The van der Waals surface area contributed by atoms with Crippen LogP contribution in [0.5, 0.6) is 0 Å². The zero-order chi connectivity index (χ0) is 19.1. The van der Waals surface area contributed by atoms with Crippen molar-refractivity contribution < 1.29 is 0 Å². The molecular weight excluding hydrogens is 330 g/mol. The molecule has 0 amide bonds. The third-order valence-electron chi connectivity index (χ3n) is 5.51. The molecule has 0 bridgehead atoms. The van der Waals surface area contributed by atoms with Crippen LogP contribution in [-0.2, 0) is 13.1 Å². The molecule has 3 rings (SSSR count). The average molecular weight is 362 g/mol. The lowest BCUT2D eigenvalue weighted by molar-refractivity contribution is 0.152. The van der Waals surface area contributed by atoms with Gasteiger partial charge < -0.3 is 0 Å². The quantitative estimate of drug-likeness (QED) is 0.684. The van der Waals surface area contributed by atoms with E-state index in [4.69, 9.17) is 0 Å². The molecule has 0 aliphatic carbocycles. The summed E-state index contributed by atoms with van der Waals surface area (Å²) in [6.07, 6.45) is 3.13. The van der Waals surface area contributed by atoms with Crippen molar-refractivity contribution in [3.05, 3.63) is 70.8 Å². The highest BCUT2D eigenvalue weighted by Crippen LogP contribution is 2.18. The molecule has 0 saturated carbocycles. The Balaban J connectivity index is 1.75. The minimum Gasteiger partial charge on any atom is -0.298 e. The molecular formula is C24H31N3. The first-order valence-electron chi connectivity index (χ1n) is 10.1. The van der Waals surface area contributed by atoms with E-state index in [1.165, 1.54) is 35.1 Å². The van der Waals surface area contributed by atoms with Crippen molar-refractivity contribution in [2.75, 3.05) is 19.6 Å². The Bertz CT molecular complexity index is 689. The SMILES string of the molecule is Cc1ccc(CN(Cc2ccc(C)cc2)CC(CC#N)N2CCCC2)cc1. The topological polar surface area (TPSA) is 30.3 Å². The molecule has 2 aromatic rings. The molecule has 1 aliphatic heterocycles. The number of likely N-dealkylation sites (tertiary alicyclic amines) is 1. The summed E-state index contributed by atoms with van der Waals surface area (Å²) in [6.45, 7) is 9.31. The van der Waals surface area contributed by atoms with Crippen LogP contribution >= 0.6 is 0 Å². The number of rotatable bonds is 8. The van der Waals surface area contributed by atoms with Gasteiger partial charge in [0.2, 0.25) is 0 Å². The Morgan fingerprint density at radius 1 is 0.889 bits per heavy atom. The minimum absolute atomic E-state index is 0.327. The lowest BCUT2D eigenvalue weighted by Crippen LogP contribution is -2.42. The molecule has 1 saturated heterocycles. The van der Waals surface area contributed by atoms with Crippen LogP contribution in [0.25, 0.3) is 0 Å². The van der Waals surface area contributed by atoms with Crippen LogP contribution in [0, 0.1) is 25.2 Å². The van der Waals surface area contributed by atoms with Gasteiger partial charge in [0, 0.05) is 25.7 Å². The number of aryl methyl sites for hydroxylation is 2. The van der Waals surface area contributed by atoms with Crippen molar-refractivity contribution in [2.24, 2.45) is 0 Å². The fourth-order valence-electron chi connectivity index (χ4n) is 3.91. The number of hydrogen-bond acceptors (Lipinski definition) is 3. The van der Waals surface area contributed by atoms with Gasteiger partial charge in [-0.15, -0.1) is 0 Å². The fourth-order valence-corrected chi connectivity index (χ4v) is 3.91. The molecule has 1 fully saturated rings. The van der Waals surface area contributed by atoms with Crippen LogP contribution in [0.4, 0.5) is 0 Å². The average Bonchev–Trinajstić information content (AvgIpc) is 3.20. The maximum Gasteiger partial charge on any atom is 0.0638 e. The summed E-state index contributed by atoms with van der Waals surface area (Å²) >= 11 is 0. The second-order valence-corrected chi connectivity index (χ2v) is 7.90. The van der Waals surface area contributed by atoms with E-state index in [0.717, 1.165) is 32.7 Å². The third-order valence-corrected chi connectivity index (χ3v) is 5.51. The van der Waals surface area contributed by atoms with Crippen molar-refractivity contribution in [3.8, 4) is 6.07 Å². The van der Waals surface area contributed by atoms with Crippen LogP contribution in [0.2, 0.25) is 0 Å². The number of nitrogens with zero attached hydrogens (tertiary/aromatic N) is 3. The lowest BCUT2D eigenvalue weighted by atomic mass is 10.1. The van der Waals surface area contributed by atoms with E-state index in [1.807, 2.05) is 0 Å². The van der Waals surface area contributed by atoms with Crippen LogP contribution in [0.3, 0.4) is 0 Å². The molecule has 1 heterocycles. The van der Waals surface area contributed by atoms with Gasteiger partial charge in [0.15, 0.2) is 0 Å². The van der Waals surface area contributed by atoms with Gasteiger partial charge in [-0.05, 0) is 50.9 Å². The molecule has 1 aliphatic rings. The zero-order valence-corrected chi connectivity index (χ0v) is 16.7. The Morgan fingerprint density at radius 3 is 1.81 bits per heavy atom. The second kappa shape index (κ2) is 9.69. The largest absolute Gasteiger partial charge is 0.298 e. The first-order valence-corrected chi connectivity index (χ1v) is 10.1. The first kappa shape index (κ1) is 19.6. The summed E-state index contributed by atoms with van der Waals surface area (Å²) in [4.78, 5) is 5.02. The van der Waals surface area contributed by atoms with Gasteiger partial charge in [0.25, 0.3) is 0 Å². The number of hydrogen-bond donors (Lipinski definition) is 0. The van der Waals surface area contributed by atoms with E-state index >= 15 is 0 Å². The van der Waals surface area contributed by atoms with Crippen molar-refractivity contribution in [3.63, 3.8) is 0 Å². The van der Waals surface area contributed by atoms with Crippen LogP contribution in [0.15, 0.2) is 48.5 Å². The standard InChI is InChI=1S/C24H31N3/c1-20-5-9-22(10-6-20)17-26(18-23-11-7-21(2)8-12-23)19-24(13-14-25)27-15-3-4-16-27/h5-12,24H,3-4,13,15-19H2,1-2H3. The van der Waals surface area contributed by atoms with Crippen molar-refractivity contribution in [1.82, 2.24) is 9.80 Å². The smallest absolute Gasteiger partial charge is 0.0638 e. The van der Waals surface area contributed by atoms with Gasteiger partial charge in [0.05, 0.1) is 12.5 Å². The molecule has 27 heavy (non-hydrogen) atoms. The Kier molecular flexibility index (Phi) is 7.04. The molecule has 1 unspecified atom stereocenters. The first-order chi connectivity index (χ1) is 13.1. The number of benzene rings is 2. The number of nitriles is 1. The van der Waals surface area contributed by atoms with Gasteiger partial charge in [-0.1, -0.05) is 59.7 Å². The van der Waals surface area contributed by atoms with Crippen LogP contribution in [-0.4, -0.2) is 35.5 Å². The Labute approximate surface area is 164 Å². The third kappa shape index (κ3) is 5.92. The van der Waals surface area contributed by atoms with Gasteiger partial charge in [-0.2, -0.15) is 5.26 Å². The predicted molar refractivity (Wildman–Crippen MR) is 111 cm³/mol. The highest BCUT2D eigenvalue weighted by Gasteiger charge is 2.24. The highest BCUT2D eigenvalue weighted by molar-refractivity contribution is 5.23. The Morgan fingerprint density at radius 2 is 1.37 bits per heavy atom. The summed E-state index contributed by atoms with van der Waals surface area (Å²) in [5.74, 6) is 0. The molecule has 0 spiro atoms. The van der Waals surface area contributed by atoms with Gasteiger partial charge in [0.1, 0.15) is 0 Å². The van der Waals surface area contributed by atoms with E-state index in [2.05, 4.69) is 78.2 Å². The molecule has 3 nitrogen and oxygen atoms in total. The molecule has 3 heteroatoms. The molecule has 1 atom stereocenters. The fraction of sp³-hybridized carbons (Fsp3) is 0.458. The van der Waals surface area contributed by atoms with Gasteiger partial charge in [-0.25, -0.2) is 0 Å².